The van der Waals surface area contributed by atoms with Crippen molar-refractivity contribution in [1.29, 1.82) is 0 Å². The van der Waals surface area contributed by atoms with Gasteiger partial charge in [-0.05, 0) is 38.5 Å². The molecule has 3 heterocycles. The van der Waals surface area contributed by atoms with Gasteiger partial charge in [-0.2, -0.15) is 0 Å². The highest BCUT2D eigenvalue weighted by molar-refractivity contribution is 5.78. The molecule has 0 spiro atoms. The maximum absolute atomic E-state index is 5.39. The number of anilines is 2. The molecule has 0 aliphatic carbocycles. The van der Waals surface area contributed by atoms with Crippen LogP contribution in [-0.4, -0.2) is 36.8 Å². The van der Waals surface area contributed by atoms with E-state index < -0.39 is 0 Å². The number of fused-ring (bicyclic) bond motifs is 1. The van der Waals surface area contributed by atoms with Crippen molar-refractivity contribution in [2.75, 3.05) is 36.5 Å². The number of aromatic nitrogens is 1. The lowest BCUT2D eigenvalue weighted by Gasteiger charge is -2.33. The molecule has 0 radical (unpaired) electrons. The minimum absolute atomic E-state index is 0.000750. The van der Waals surface area contributed by atoms with Crippen LogP contribution in [0.25, 0.3) is 5.57 Å². The van der Waals surface area contributed by atoms with Gasteiger partial charge in [0.05, 0.1) is 30.1 Å². The standard InChI is InChI=1S/C15H21N3O/c1-11-10-15(2,3)17-12-4-5-13(16-14(11)12)18-6-8-19-9-7-18/h4-5,10,17H,6-9H2,1-3H3. The number of hydrogen-bond donors (Lipinski definition) is 1. The molecule has 1 saturated heterocycles. The Kier molecular flexibility index (Phi) is 2.97. The topological polar surface area (TPSA) is 37.4 Å². The van der Waals surface area contributed by atoms with Crippen LogP contribution in [-0.2, 0) is 4.74 Å². The number of pyridine rings is 1. The molecule has 102 valence electrons. The molecule has 2 aliphatic rings. The normalized spacial score (nSPS) is 21.4. The number of nitrogens with one attached hydrogen (secondary N) is 1. The summed E-state index contributed by atoms with van der Waals surface area (Å²) in [6, 6.07) is 4.25. The van der Waals surface area contributed by atoms with E-state index in [0.717, 1.165) is 43.5 Å². The maximum Gasteiger partial charge on any atom is 0.129 e. The lowest BCUT2D eigenvalue weighted by molar-refractivity contribution is 0.122. The van der Waals surface area contributed by atoms with Crippen molar-refractivity contribution in [1.82, 2.24) is 4.98 Å². The van der Waals surface area contributed by atoms with Gasteiger partial charge in [-0.25, -0.2) is 4.98 Å². The molecule has 0 aromatic carbocycles. The fourth-order valence-corrected chi connectivity index (χ4v) is 2.81. The SMILES string of the molecule is CC1=CC(C)(C)Nc2ccc(N3CCOCC3)nc21. The second-order valence-electron chi connectivity index (χ2n) is 5.84. The second kappa shape index (κ2) is 4.53. The first-order valence-corrected chi connectivity index (χ1v) is 6.87. The molecule has 2 aliphatic heterocycles. The van der Waals surface area contributed by atoms with Crippen molar-refractivity contribution in [3.63, 3.8) is 0 Å². The van der Waals surface area contributed by atoms with E-state index in [2.05, 4.69) is 49.2 Å². The summed E-state index contributed by atoms with van der Waals surface area (Å²) < 4.78 is 5.39. The molecule has 0 amide bonds. The van der Waals surface area contributed by atoms with E-state index in [9.17, 15) is 0 Å². The first-order chi connectivity index (χ1) is 9.05. The van der Waals surface area contributed by atoms with E-state index in [0.29, 0.717) is 0 Å². The molecular formula is C15H21N3O. The van der Waals surface area contributed by atoms with Crippen molar-refractivity contribution in [2.24, 2.45) is 0 Å². The van der Waals surface area contributed by atoms with Crippen molar-refractivity contribution in [2.45, 2.75) is 26.3 Å². The van der Waals surface area contributed by atoms with E-state index >= 15 is 0 Å². The highest BCUT2D eigenvalue weighted by Crippen LogP contribution is 2.33. The fraction of sp³-hybridized carbons (Fsp3) is 0.533. The number of nitrogens with zero attached hydrogens (tertiary/aromatic N) is 2. The lowest BCUT2D eigenvalue weighted by atomic mass is 9.94. The summed E-state index contributed by atoms with van der Waals surface area (Å²) in [6.07, 6.45) is 2.24. The van der Waals surface area contributed by atoms with Gasteiger partial charge in [0, 0.05) is 13.1 Å². The largest absolute Gasteiger partial charge is 0.378 e. The highest BCUT2D eigenvalue weighted by atomic mass is 16.5. The van der Waals surface area contributed by atoms with Crippen LogP contribution in [0.15, 0.2) is 18.2 Å². The van der Waals surface area contributed by atoms with Gasteiger partial charge < -0.3 is 15.0 Å². The van der Waals surface area contributed by atoms with Gasteiger partial charge >= 0.3 is 0 Å². The van der Waals surface area contributed by atoms with Gasteiger partial charge in [-0.1, -0.05) is 6.08 Å². The average molecular weight is 259 g/mol. The Labute approximate surface area is 114 Å². The highest BCUT2D eigenvalue weighted by Gasteiger charge is 2.24. The predicted molar refractivity (Wildman–Crippen MR) is 78.6 cm³/mol. The average Bonchev–Trinajstić information content (AvgIpc) is 2.38. The summed E-state index contributed by atoms with van der Waals surface area (Å²) >= 11 is 0. The van der Waals surface area contributed by atoms with Crippen LogP contribution < -0.4 is 10.2 Å². The summed E-state index contributed by atoms with van der Waals surface area (Å²) in [4.78, 5) is 7.11. The Bertz CT molecular complexity index is 516. The third kappa shape index (κ3) is 2.45. The number of ether oxygens (including phenoxy) is 1. The molecule has 1 fully saturated rings. The molecule has 4 heteroatoms. The van der Waals surface area contributed by atoms with E-state index in [4.69, 9.17) is 9.72 Å². The Hall–Kier alpha value is -1.55. The van der Waals surface area contributed by atoms with Crippen molar-refractivity contribution in [3.8, 4) is 0 Å². The summed E-state index contributed by atoms with van der Waals surface area (Å²) in [5.74, 6) is 1.05. The molecule has 19 heavy (non-hydrogen) atoms. The van der Waals surface area contributed by atoms with Gasteiger partial charge in [0.2, 0.25) is 0 Å². The van der Waals surface area contributed by atoms with E-state index in [1.54, 1.807) is 0 Å². The molecule has 1 aromatic rings. The molecule has 0 bridgehead atoms. The van der Waals surface area contributed by atoms with E-state index in [1.165, 1.54) is 5.57 Å². The number of hydrogen-bond acceptors (Lipinski definition) is 4. The first kappa shape index (κ1) is 12.5. The molecule has 3 rings (SSSR count). The molecular weight excluding hydrogens is 238 g/mol. The third-order valence-corrected chi connectivity index (χ3v) is 3.62. The summed E-state index contributed by atoms with van der Waals surface area (Å²) in [6.45, 7) is 9.92. The Morgan fingerprint density at radius 2 is 2.00 bits per heavy atom. The van der Waals surface area contributed by atoms with Gasteiger partial charge in [-0.3, -0.25) is 0 Å². The molecule has 1 aromatic heterocycles. The van der Waals surface area contributed by atoms with E-state index in [1.807, 2.05) is 0 Å². The van der Waals surface area contributed by atoms with Crippen LogP contribution in [0.5, 0.6) is 0 Å². The minimum atomic E-state index is -0.000750. The first-order valence-electron chi connectivity index (χ1n) is 6.87. The van der Waals surface area contributed by atoms with Crippen LogP contribution in [0.3, 0.4) is 0 Å². The lowest BCUT2D eigenvalue weighted by Crippen LogP contribution is -2.37. The Morgan fingerprint density at radius 1 is 1.26 bits per heavy atom. The van der Waals surface area contributed by atoms with Crippen molar-refractivity contribution < 1.29 is 4.74 Å². The van der Waals surface area contributed by atoms with Crippen LogP contribution in [0, 0.1) is 0 Å². The molecule has 0 atom stereocenters. The van der Waals surface area contributed by atoms with Gasteiger partial charge in [0.1, 0.15) is 5.82 Å². The number of allylic oxidation sites excluding steroid dienone is 1. The van der Waals surface area contributed by atoms with Gasteiger partial charge in [0.15, 0.2) is 0 Å². The summed E-state index contributed by atoms with van der Waals surface area (Å²) in [5.41, 5.74) is 3.44. The molecule has 0 unspecified atom stereocenters. The Balaban J connectivity index is 1.94. The molecule has 4 nitrogen and oxygen atoms in total. The van der Waals surface area contributed by atoms with Gasteiger partial charge in [-0.15, -0.1) is 0 Å². The monoisotopic (exact) mass is 259 g/mol. The zero-order valence-electron chi connectivity index (χ0n) is 11.9. The predicted octanol–water partition coefficient (Wildman–Crippen LogP) is 2.53. The Morgan fingerprint density at radius 3 is 2.74 bits per heavy atom. The van der Waals surface area contributed by atoms with Crippen LogP contribution >= 0.6 is 0 Å². The number of rotatable bonds is 1. The van der Waals surface area contributed by atoms with Crippen LogP contribution in [0.1, 0.15) is 26.5 Å². The maximum atomic E-state index is 5.39. The van der Waals surface area contributed by atoms with Gasteiger partial charge in [0.25, 0.3) is 0 Å². The van der Waals surface area contributed by atoms with E-state index in [-0.39, 0.29) is 5.54 Å². The van der Waals surface area contributed by atoms with Crippen molar-refractivity contribution in [3.05, 3.63) is 23.9 Å². The quantitative estimate of drug-likeness (QED) is 0.841. The van der Waals surface area contributed by atoms with Crippen molar-refractivity contribution >= 4 is 17.1 Å². The summed E-state index contributed by atoms with van der Waals surface area (Å²) in [7, 11) is 0. The second-order valence-corrected chi connectivity index (χ2v) is 5.84. The van der Waals surface area contributed by atoms with Crippen LogP contribution in [0.2, 0.25) is 0 Å². The molecule has 0 saturated carbocycles. The third-order valence-electron chi connectivity index (χ3n) is 3.62. The fourth-order valence-electron chi connectivity index (χ4n) is 2.81. The van der Waals surface area contributed by atoms with Crippen LogP contribution in [0.4, 0.5) is 11.5 Å². The molecule has 1 N–H and O–H groups in total. The zero-order valence-corrected chi connectivity index (χ0v) is 11.9. The minimum Gasteiger partial charge on any atom is -0.378 e. The number of morpholine rings is 1. The summed E-state index contributed by atoms with van der Waals surface area (Å²) in [5, 5.41) is 3.51. The zero-order chi connectivity index (χ0) is 13.5. The smallest absolute Gasteiger partial charge is 0.129 e.